The maximum absolute atomic E-state index is 12.6. The smallest absolute Gasteiger partial charge is 0.291 e. The Kier molecular flexibility index (Phi) is 5.99. The third-order valence-corrected chi connectivity index (χ3v) is 7.56. The van der Waals surface area contributed by atoms with E-state index >= 15 is 0 Å². The molecule has 1 aliphatic rings. The van der Waals surface area contributed by atoms with Gasteiger partial charge >= 0.3 is 0 Å². The van der Waals surface area contributed by atoms with Crippen LogP contribution in [0.5, 0.6) is 0 Å². The number of piperidine rings is 1. The van der Waals surface area contributed by atoms with Crippen molar-refractivity contribution in [3.05, 3.63) is 63.1 Å². The largest absolute Gasteiger partial charge is 0.459 e. The normalized spacial score (nSPS) is 16.9. The van der Waals surface area contributed by atoms with E-state index in [4.69, 9.17) is 4.42 Å². The summed E-state index contributed by atoms with van der Waals surface area (Å²) in [5, 5.41) is 6.20. The Balaban J connectivity index is 1.69. The molecule has 0 saturated carbocycles. The molecule has 28 heavy (non-hydrogen) atoms. The number of rotatable bonds is 6. The number of amides is 1. The molecule has 0 aromatic carbocycles. The summed E-state index contributed by atoms with van der Waals surface area (Å²) in [6.07, 6.45) is 4.94. The molecule has 1 atom stereocenters. The number of aryl methyl sites for hydroxylation is 1. The van der Waals surface area contributed by atoms with Crippen molar-refractivity contribution >= 4 is 33.6 Å². The van der Waals surface area contributed by atoms with Crippen molar-refractivity contribution in [2.24, 2.45) is 5.92 Å². The zero-order valence-electron chi connectivity index (χ0n) is 16.3. The Morgan fingerprint density at radius 1 is 1.32 bits per heavy atom. The van der Waals surface area contributed by atoms with Crippen molar-refractivity contribution in [2.75, 3.05) is 18.4 Å². The molecule has 1 saturated heterocycles. The minimum Gasteiger partial charge on any atom is -0.459 e. The van der Waals surface area contributed by atoms with E-state index in [2.05, 4.69) is 47.6 Å². The van der Waals surface area contributed by atoms with Crippen LogP contribution in [0.3, 0.4) is 0 Å². The average Bonchev–Trinajstić information content (AvgIpc) is 3.46. The molecule has 1 fully saturated rings. The molecule has 4 heterocycles. The third-order valence-electron chi connectivity index (χ3n) is 5.42. The maximum atomic E-state index is 12.6. The molecule has 1 amide bonds. The van der Waals surface area contributed by atoms with Gasteiger partial charge in [-0.25, -0.2) is 0 Å². The number of nitrogens with one attached hydrogen (secondary N) is 1. The van der Waals surface area contributed by atoms with E-state index in [1.54, 1.807) is 34.8 Å². The highest BCUT2D eigenvalue weighted by atomic mass is 32.1. The van der Waals surface area contributed by atoms with Crippen LogP contribution in [0.15, 0.2) is 46.4 Å². The molecule has 6 heteroatoms. The molecule has 1 N–H and O–H groups in total. The van der Waals surface area contributed by atoms with Crippen molar-refractivity contribution in [3.8, 4) is 0 Å². The van der Waals surface area contributed by atoms with E-state index < -0.39 is 0 Å². The summed E-state index contributed by atoms with van der Waals surface area (Å²) in [6.45, 7) is 6.68. The Hall–Kier alpha value is -1.89. The topological polar surface area (TPSA) is 45.5 Å². The minimum atomic E-state index is -0.187. The first-order chi connectivity index (χ1) is 13.7. The molecule has 4 rings (SSSR count). The lowest BCUT2D eigenvalue weighted by atomic mass is 9.95. The zero-order chi connectivity index (χ0) is 19.5. The average molecular weight is 415 g/mol. The van der Waals surface area contributed by atoms with Gasteiger partial charge in [-0.15, -0.1) is 22.7 Å². The second-order valence-electron chi connectivity index (χ2n) is 7.42. The Morgan fingerprint density at radius 3 is 2.79 bits per heavy atom. The second kappa shape index (κ2) is 8.64. The highest BCUT2D eigenvalue weighted by Gasteiger charge is 2.30. The van der Waals surface area contributed by atoms with Crippen LogP contribution in [0.2, 0.25) is 0 Å². The molecule has 4 nitrogen and oxygen atoms in total. The van der Waals surface area contributed by atoms with E-state index in [1.807, 2.05) is 0 Å². The molecule has 0 bridgehead atoms. The number of hydrogen-bond acceptors (Lipinski definition) is 5. The summed E-state index contributed by atoms with van der Waals surface area (Å²) in [5.41, 5.74) is 1.21. The lowest BCUT2D eigenvalue weighted by Gasteiger charge is -2.36. The van der Waals surface area contributed by atoms with Crippen LogP contribution in [0.1, 0.15) is 58.6 Å². The van der Waals surface area contributed by atoms with E-state index in [9.17, 15) is 4.79 Å². The molecule has 0 spiro atoms. The van der Waals surface area contributed by atoms with Crippen LogP contribution in [0.4, 0.5) is 5.00 Å². The van der Waals surface area contributed by atoms with Crippen molar-refractivity contribution < 1.29 is 9.21 Å². The fourth-order valence-electron chi connectivity index (χ4n) is 3.77. The van der Waals surface area contributed by atoms with Gasteiger partial charge in [0.25, 0.3) is 5.91 Å². The van der Waals surface area contributed by atoms with Crippen molar-refractivity contribution in [1.29, 1.82) is 0 Å². The monoisotopic (exact) mass is 414 g/mol. The molecule has 3 aromatic rings. The number of carbonyl (C=O) groups excluding carboxylic acids is 1. The summed E-state index contributed by atoms with van der Waals surface area (Å²) in [7, 11) is 0. The van der Waals surface area contributed by atoms with Gasteiger partial charge in [0.1, 0.15) is 5.00 Å². The highest BCUT2D eigenvalue weighted by Crippen LogP contribution is 2.42. The number of furan rings is 1. The van der Waals surface area contributed by atoms with Gasteiger partial charge in [0.2, 0.25) is 0 Å². The summed E-state index contributed by atoms with van der Waals surface area (Å²) < 4.78 is 5.29. The van der Waals surface area contributed by atoms with Gasteiger partial charge in [-0.3, -0.25) is 9.69 Å². The molecule has 0 radical (unpaired) electrons. The standard InChI is InChI=1S/C22H26N2O2S2/c1-3-16-14-17(22(28-16)23-21(25)18-6-4-12-26-18)20(19-7-5-13-27-19)24-10-8-15(2)9-11-24/h4-7,12-15,20H,3,8-11H2,1-2H3,(H,23,25)/t20-/m1/s1. The van der Waals surface area contributed by atoms with Crippen molar-refractivity contribution in [1.82, 2.24) is 4.90 Å². The van der Waals surface area contributed by atoms with Crippen molar-refractivity contribution in [2.45, 2.75) is 39.2 Å². The first-order valence-electron chi connectivity index (χ1n) is 9.90. The van der Waals surface area contributed by atoms with Gasteiger partial charge in [0, 0.05) is 15.3 Å². The van der Waals surface area contributed by atoms with Crippen LogP contribution in [0.25, 0.3) is 0 Å². The molecular weight excluding hydrogens is 388 g/mol. The number of carbonyl (C=O) groups is 1. The summed E-state index contributed by atoms with van der Waals surface area (Å²) in [4.78, 5) is 17.8. The zero-order valence-corrected chi connectivity index (χ0v) is 17.9. The highest BCUT2D eigenvalue weighted by molar-refractivity contribution is 7.16. The number of nitrogens with zero attached hydrogens (tertiary/aromatic N) is 1. The fraction of sp³-hybridized carbons (Fsp3) is 0.409. The van der Waals surface area contributed by atoms with Gasteiger partial charge in [0.15, 0.2) is 5.76 Å². The summed E-state index contributed by atoms with van der Waals surface area (Å²) in [5.74, 6) is 0.942. The lowest BCUT2D eigenvalue weighted by molar-refractivity contribution is 0.0996. The summed E-state index contributed by atoms with van der Waals surface area (Å²) in [6, 6.07) is 10.3. The number of hydrogen-bond donors (Lipinski definition) is 1. The van der Waals surface area contributed by atoms with Gasteiger partial charge in [-0.2, -0.15) is 0 Å². The van der Waals surface area contributed by atoms with Gasteiger partial charge in [-0.05, 0) is 67.9 Å². The van der Waals surface area contributed by atoms with Gasteiger partial charge in [-0.1, -0.05) is 19.9 Å². The molecule has 0 aliphatic carbocycles. The lowest BCUT2D eigenvalue weighted by Crippen LogP contribution is -2.36. The van der Waals surface area contributed by atoms with Crippen LogP contribution < -0.4 is 5.32 Å². The molecule has 0 unspecified atom stereocenters. The van der Waals surface area contributed by atoms with Gasteiger partial charge < -0.3 is 9.73 Å². The Labute approximate surface area is 174 Å². The van der Waals surface area contributed by atoms with Crippen LogP contribution in [0, 0.1) is 5.92 Å². The van der Waals surface area contributed by atoms with E-state index in [1.165, 1.54) is 34.4 Å². The maximum Gasteiger partial charge on any atom is 0.291 e. The van der Waals surface area contributed by atoms with Crippen LogP contribution in [-0.4, -0.2) is 23.9 Å². The predicted octanol–water partition coefficient (Wildman–Crippen LogP) is 6.04. The van der Waals surface area contributed by atoms with Crippen molar-refractivity contribution in [3.63, 3.8) is 0 Å². The molecular formula is C22H26N2O2S2. The Bertz CT molecular complexity index is 891. The first kappa shape index (κ1) is 19.4. The number of likely N-dealkylation sites (tertiary alicyclic amines) is 1. The number of anilines is 1. The SMILES string of the molecule is CCc1cc([C@H](c2cccs2)N2CCC(C)CC2)c(NC(=O)c2ccco2)s1. The molecule has 3 aromatic heterocycles. The molecule has 1 aliphatic heterocycles. The molecule has 148 valence electrons. The fourth-order valence-corrected chi connectivity index (χ4v) is 5.67. The summed E-state index contributed by atoms with van der Waals surface area (Å²) >= 11 is 3.47. The van der Waals surface area contributed by atoms with E-state index in [0.29, 0.717) is 5.76 Å². The minimum absolute atomic E-state index is 0.187. The third kappa shape index (κ3) is 4.09. The van der Waals surface area contributed by atoms with Crippen LogP contribution in [-0.2, 0) is 6.42 Å². The first-order valence-corrected chi connectivity index (χ1v) is 11.6. The quantitative estimate of drug-likeness (QED) is 0.535. The van der Waals surface area contributed by atoms with Crippen LogP contribution >= 0.6 is 22.7 Å². The predicted molar refractivity (Wildman–Crippen MR) is 116 cm³/mol. The van der Waals surface area contributed by atoms with E-state index in [-0.39, 0.29) is 11.9 Å². The Morgan fingerprint density at radius 2 is 2.14 bits per heavy atom. The second-order valence-corrected chi connectivity index (χ2v) is 9.53. The number of thiophene rings is 2. The van der Waals surface area contributed by atoms with Gasteiger partial charge in [0.05, 0.1) is 12.3 Å². The van der Waals surface area contributed by atoms with E-state index in [0.717, 1.165) is 30.4 Å².